The molecular weight excluding hydrogens is 442 g/mol. The van der Waals surface area contributed by atoms with Gasteiger partial charge in [0.1, 0.15) is 19.8 Å². The van der Waals surface area contributed by atoms with Gasteiger partial charge in [0.05, 0.1) is 12.8 Å². The second-order valence-electron chi connectivity index (χ2n) is 7.37. The van der Waals surface area contributed by atoms with Crippen molar-refractivity contribution in [1.29, 1.82) is 0 Å². The lowest BCUT2D eigenvalue weighted by Gasteiger charge is -2.24. The Bertz CT molecular complexity index is 1020. The van der Waals surface area contributed by atoms with Gasteiger partial charge in [-0.15, -0.1) is 0 Å². The Kier molecular flexibility index (Phi) is 8.75. The minimum atomic E-state index is -2.49. The van der Waals surface area contributed by atoms with Crippen LogP contribution >= 0.6 is 0 Å². The average Bonchev–Trinajstić information content (AvgIpc) is 2.86. The number of hydrogen-bond donors (Lipinski definition) is 1. The average molecular weight is 465 g/mol. The lowest BCUT2D eigenvalue weighted by Crippen LogP contribution is -2.44. The van der Waals surface area contributed by atoms with Crippen LogP contribution in [0.2, 0.25) is 0 Å². The highest BCUT2D eigenvalue weighted by molar-refractivity contribution is 5.90. The lowest BCUT2D eigenvalue weighted by atomic mass is 9.95. The van der Waals surface area contributed by atoms with Crippen LogP contribution in [0.3, 0.4) is 0 Å². The predicted octanol–water partition coefficient (Wildman–Crippen LogP) is 1.91. The van der Waals surface area contributed by atoms with Crippen LogP contribution in [0.25, 0.3) is 0 Å². The first kappa shape index (κ1) is 24.5. The summed E-state index contributed by atoms with van der Waals surface area (Å²) in [7, 11) is 0. The number of aliphatic hydroxyl groups is 1. The summed E-state index contributed by atoms with van der Waals surface area (Å²) in [5.41, 5.74) is -0.680. The monoisotopic (exact) mass is 465 g/mol. The fraction of sp³-hybridized carbons (Fsp3) is 0.250. The maximum absolute atomic E-state index is 12.7. The summed E-state index contributed by atoms with van der Waals surface area (Å²) >= 11 is 0. The predicted molar refractivity (Wildman–Crippen MR) is 116 cm³/mol. The number of hydrogen-bond acceptors (Lipinski definition) is 10. The lowest BCUT2D eigenvalue weighted by molar-refractivity contribution is -0.179. The molecule has 0 saturated carbocycles. The highest BCUT2D eigenvalue weighted by Gasteiger charge is 2.43. The molecule has 0 spiro atoms. The summed E-state index contributed by atoms with van der Waals surface area (Å²) in [5.74, 6) is -2.96. The Morgan fingerprint density at radius 2 is 1.06 bits per heavy atom. The molecule has 3 rings (SSSR count). The second kappa shape index (κ2) is 12.2. The molecule has 176 valence electrons. The molecule has 0 aliphatic rings. The summed E-state index contributed by atoms with van der Waals surface area (Å²) in [4.78, 5) is 49.3. The number of pyridine rings is 3. The number of carbonyl (C=O) groups excluding carboxylic acids is 3. The smallest absolute Gasteiger partial charge is 0.339 e. The van der Waals surface area contributed by atoms with Crippen LogP contribution in [-0.2, 0) is 48.4 Å². The number of rotatable bonds is 11. The van der Waals surface area contributed by atoms with Gasteiger partial charge >= 0.3 is 17.9 Å². The van der Waals surface area contributed by atoms with E-state index in [1.165, 1.54) is 18.6 Å². The van der Waals surface area contributed by atoms with Gasteiger partial charge in [0.25, 0.3) is 0 Å². The molecule has 3 aromatic rings. The van der Waals surface area contributed by atoms with Crippen LogP contribution in [0.15, 0.2) is 73.6 Å². The van der Waals surface area contributed by atoms with E-state index in [1.54, 1.807) is 55.0 Å². The van der Waals surface area contributed by atoms with Crippen LogP contribution < -0.4 is 0 Å². The molecule has 0 aliphatic carbocycles. The van der Waals surface area contributed by atoms with Crippen molar-refractivity contribution >= 4 is 17.9 Å². The summed E-state index contributed by atoms with van der Waals surface area (Å²) in [6, 6.07) is 10.1. The van der Waals surface area contributed by atoms with Crippen LogP contribution in [0.4, 0.5) is 0 Å². The van der Waals surface area contributed by atoms with Crippen molar-refractivity contribution in [2.45, 2.75) is 38.3 Å². The fourth-order valence-corrected chi connectivity index (χ4v) is 2.85. The quantitative estimate of drug-likeness (QED) is 0.330. The fourth-order valence-electron chi connectivity index (χ4n) is 2.85. The van der Waals surface area contributed by atoms with Crippen molar-refractivity contribution in [3.8, 4) is 0 Å². The minimum absolute atomic E-state index is 0.112. The molecule has 0 bridgehead atoms. The summed E-state index contributed by atoms with van der Waals surface area (Å²) in [6.07, 6.45) is 7.59. The Labute approximate surface area is 195 Å². The number of esters is 3. The van der Waals surface area contributed by atoms with Crippen molar-refractivity contribution in [3.05, 3.63) is 90.3 Å². The Morgan fingerprint density at radius 3 is 1.41 bits per heavy atom. The molecule has 0 radical (unpaired) electrons. The van der Waals surface area contributed by atoms with Crippen molar-refractivity contribution < 1.29 is 33.7 Å². The Morgan fingerprint density at radius 1 is 0.676 bits per heavy atom. The maximum atomic E-state index is 12.7. The first-order valence-electron chi connectivity index (χ1n) is 10.3. The Balaban J connectivity index is 1.63. The number of nitrogens with zero attached hydrogens (tertiary/aromatic N) is 3. The topological polar surface area (TPSA) is 138 Å². The maximum Gasteiger partial charge on any atom is 0.339 e. The molecule has 3 aromatic heterocycles. The molecule has 1 N–H and O–H groups in total. The number of carbonyl (C=O) groups is 3. The standard InChI is InChI=1S/C24H23N3O7/c28-21(32-15-18-4-1-7-25-12-18)10-24(31,23(30)34-17-20-6-3-9-27-14-20)11-22(29)33-16-19-5-2-8-26-13-19/h1-9,12-14,31H,10-11,15-17H2. The van der Waals surface area contributed by atoms with E-state index in [9.17, 15) is 19.5 Å². The van der Waals surface area contributed by atoms with Gasteiger partial charge in [0.2, 0.25) is 0 Å². The summed E-state index contributed by atoms with van der Waals surface area (Å²) < 4.78 is 15.4. The summed E-state index contributed by atoms with van der Waals surface area (Å²) in [6.45, 7) is -0.428. The molecule has 0 aliphatic heterocycles. The van der Waals surface area contributed by atoms with E-state index < -0.39 is 36.4 Å². The van der Waals surface area contributed by atoms with Crippen molar-refractivity contribution in [3.63, 3.8) is 0 Å². The van der Waals surface area contributed by atoms with Crippen molar-refractivity contribution in [2.24, 2.45) is 0 Å². The molecular formula is C24H23N3O7. The third-order valence-corrected chi connectivity index (χ3v) is 4.59. The van der Waals surface area contributed by atoms with Gasteiger partial charge < -0.3 is 19.3 Å². The van der Waals surface area contributed by atoms with Crippen LogP contribution in [0.5, 0.6) is 0 Å². The van der Waals surface area contributed by atoms with Crippen molar-refractivity contribution in [1.82, 2.24) is 15.0 Å². The molecule has 34 heavy (non-hydrogen) atoms. The van der Waals surface area contributed by atoms with Gasteiger partial charge in [-0.2, -0.15) is 0 Å². The highest BCUT2D eigenvalue weighted by Crippen LogP contribution is 2.21. The molecule has 3 heterocycles. The third kappa shape index (κ3) is 7.75. The molecule has 0 amide bonds. The third-order valence-electron chi connectivity index (χ3n) is 4.59. The van der Waals surface area contributed by atoms with Gasteiger partial charge in [-0.1, -0.05) is 18.2 Å². The van der Waals surface area contributed by atoms with Gasteiger partial charge in [0.15, 0.2) is 5.60 Å². The van der Waals surface area contributed by atoms with Crippen LogP contribution in [-0.4, -0.2) is 43.6 Å². The van der Waals surface area contributed by atoms with E-state index in [0.29, 0.717) is 16.7 Å². The van der Waals surface area contributed by atoms with Gasteiger partial charge in [-0.3, -0.25) is 24.5 Å². The molecule has 0 fully saturated rings. The molecule has 10 heteroatoms. The highest BCUT2D eigenvalue weighted by atomic mass is 16.6. The van der Waals surface area contributed by atoms with E-state index in [2.05, 4.69) is 15.0 Å². The molecule has 0 aromatic carbocycles. The van der Waals surface area contributed by atoms with Crippen LogP contribution in [0, 0.1) is 0 Å². The Hall–Kier alpha value is -4.18. The first-order chi connectivity index (χ1) is 16.4. The minimum Gasteiger partial charge on any atom is -0.461 e. The van der Waals surface area contributed by atoms with Gasteiger partial charge in [-0.25, -0.2) is 4.79 Å². The van der Waals surface area contributed by atoms with E-state index in [4.69, 9.17) is 14.2 Å². The zero-order chi connectivity index (χ0) is 24.2. The number of aromatic nitrogens is 3. The van der Waals surface area contributed by atoms with Gasteiger partial charge in [-0.05, 0) is 18.2 Å². The molecule has 0 unspecified atom stereocenters. The zero-order valence-electron chi connectivity index (χ0n) is 18.2. The normalized spacial score (nSPS) is 10.9. The second-order valence-corrected chi connectivity index (χ2v) is 7.37. The molecule has 10 nitrogen and oxygen atoms in total. The van der Waals surface area contributed by atoms with E-state index in [1.807, 2.05) is 0 Å². The van der Waals surface area contributed by atoms with Crippen LogP contribution in [0.1, 0.15) is 29.5 Å². The van der Waals surface area contributed by atoms with E-state index in [0.717, 1.165) is 0 Å². The van der Waals surface area contributed by atoms with E-state index in [-0.39, 0.29) is 19.8 Å². The SMILES string of the molecule is O=C(CC(O)(CC(=O)OCc1cccnc1)C(=O)OCc1cccnc1)OCc1cccnc1. The molecule has 0 atom stereocenters. The first-order valence-corrected chi connectivity index (χ1v) is 10.3. The van der Waals surface area contributed by atoms with Crippen molar-refractivity contribution in [2.75, 3.05) is 0 Å². The summed E-state index contributed by atoms with van der Waals surface area (Å²) in [5, 5.41) is 11.0. The zero-order valence-corrected chi connectivity index (χ0v) is 18.2. The van der Waals surface area contributed by atoms with E-state index >= 15 is 0 Å². The molecule has 0 saturated heterocycles. The largest absolute Gasteiger partial charge is 0.461 e. The van der Waals surface area contributed by atoms with Gasteiger partial charge in [0, 0.05) is 53.9 Å². The number of ether oxygens (including phenoxy) is 3.